The van der Waals surface area contributed by atoms with Crippen molar-refractivity contribution in [2.45, 2.75) is 26.3 Å². The van der Waals surface area contributed by atoms with Gasteiger partial charge in [0.15, 0.2) is 5.82 Å². The minimum absolute atomic E-state index is 0.0708. The van der Waals surface area contributed by atoms with Crippen LogP contribution in [0.5, 0.6) is 0 Å². The number of nitriles is 1. The van der Waals surface area contributed by atoms with Crippen molar-refractivity contribution in [2.24, 2.45) is 0 Å². The van der Waals surface area contributed by atoms with Gasteiger partial charge in [0.2, 0.25) is 5.91 Å². The van der Waals surface area contributed by atoms with Gasteiger partial charge in [0.1, 0.15) is 12.1 Å². The first kappa shape index (κ1) is 20.4. The van der Waals surface area contributed by atoms with Crippen molar-refractivity contribution >= 4 is 29.0 Å². The molecule has 5 nitrogen and oxygen atoms in total. The van der Waals surface area contributed by atoms with Crippen LogP contribution in [0.3, 0.4) is 0 Å². The lowest BCUT2D eigenvalue weighted by atomic mass is 9.98. The van der Waals surface area contributed by atoms with E-state index in [0.29, 0.717) is 16.5 Å². The lowest BCUT2D eigenvalue weighted by Gasteiger charge is -2.19. The first-order chi connectivity index (χ1) is 14.0. The fourth-order valence-electron chi connectivity index (χ4n) is 3.06. The predicted octanol–water partition coefficient (Wildman–Crippen LogP) is 5.74. The van der Waals surface area contributed by atoms with Crippen LogP contribution in [0.1, 0.15) is 30.5 Å². The maximum atomic E-state index is 11.8. The molecule has 3 aromatic rings. The van der Waals surface area contributed by atoms with Crippen LogP contribution in [0.25, 0.3) is 11.1 Å². The highest BCUT2D eigenvalue weighted by molar-refractivity contribution is 6.34. The summed E-state index contributed by atoms with van der Waals surface area (Å²) in [6, 6.07) is 19.9. The SMILES string of the molecule is Cc1ccccc1-c1ccc([C@@H](C)Nc2nccc(Cl)c2NC(=O)CC#N)cc1. The average Bonchev–Trinajstić information content (AvgIpc) is 2.71. The van der Waals surface area contributed by atoms with Crippen LogP contribution in [0, 0.1) is 18.3 Å². The number of rotatable bonds is 6. The van der Waals surface area contributed by atoms with Gasteiger partial charge in [-0.25, -0.2) is 4.98 Å². The van der Waals surface area contributed by atoms with Gasteiger partial charge in [-0.1, -0.05) is 60.1 Å². The molecule has 0 unspecified atom stereocenters. The molecule has 29 heavy (non-hydrogen) atoms. The molecule has 6 heteroatoms. The fraction of sp³-hybridized carbons (Fsp3) is 0.174. The Morgan fingerprint density at radius 1 is 1.17 bits per heavy atom. The molecule has 0 bridgehead atoms. The zero-order valence-corrected chi connectivity index (χ0v) is 17.0. The Morgan fingerprint density at radius 2 is 1.90 bits per heavy atom. The smallest absolute Gasteiger partial charge is 0.238 e. The summed E-state index contributed by atoms with van der Waals surface area (Å²) in [4.78, 5) is 16.1. The number of benzene rings is 2. The molecule has 146 valence electrons. The Bertz CT molecular complexity index is 1060. The van der Waals surface area contributed by atoms with E-state index in [9.17, 15) is 4.79 Å². The average molecular weight is 405 g/mol. The number of pyridine rings is 1. The topological polar surface area (TPSA) is 77.8 Å². The van der Waals surface area contributed by atoms with Gasteiger partial charge in [0, 0.05) is 6.20 Å². The van der Waals surface area contributed by atoms with Crippen molar-refractivity contribution in [3.8, 4) is 17.2 Å². The van der Waals surface area contributed by atoms with Gasteiger partial charge in [-0.2, -0.15) is 5.26 Å². The van der Waals surface area contributed by atoms with E-state index in [2.05, 4.69) is 58.9 Å². The van der Waals surface area contributed by atoms with Crippen LogP contribution in [-0.4, -0.2) is 10.9 Å². The van der Waals surface area contributed by atoms with E-state index in [1.165, 1.54) is 11.1 Å². The molecule has 0 saturated heterocycles. The Balaban J connectivity index is 1.79. The first-order valence-corrected chi connectivity index (χ1v) is 9.61. The number of nitrogens with zero attached hydrogens (tertiary/aromatic N) is 2. The molecule has 0 aliphatic carbocycles. The second-order valence-electron chi connectivity index (χ2n) is 6.70. The van der Waals surface area contributed by atoms with Crippen molar-refractivity contribution in [1.82, 2.24) is 4.98 Å². The van der Waals surface area contributed by atoms with Crippen molar-refractivity contribution < 1.29 is 4.79 Å². The van der Waals surface area contributed by atoms with E-state index in [1.54, 1.807) is 12.3 Å². The first-order valence-electron chi connectivity index (χ1n) is 9.23. The normalized spacial score (nSPS) is 11.4. The molecule has 3 rings (SSSR count). The van der Waals surface area contributed by atoms with E-state index in [0.717, 1.165) is 11.1 Å². The summed E-state index contributed by atoms with van der Waals surface area (Å²) in [5, 5.41) is 15.0. The molecule has 0 aliphatic heterocycles. The van der Waals surface area contributed by atoms with Crippen molar-refractivity contribution in [1.29, 1.82) is 5.26 Å². The summed E-state index contributed by atoms with van der Waals surface area (Å²) in [6.45, 7) is 4.10. The Labute approximate surface area is 175 Å². The standard InChI is InChI=1S/C23H21ClN4O/c1-15-5-3-4-6-19(15)18-9-7-17(8-10-18)16(2)27-23-22(20(24)12-14-26-23)28-21(29)11-13-25/h3-10,12,14,16H,11H2,1-2H3,(H,26,27)(H,28,29)/t16-/m1/s1. The molecule has 0 spiro atoms. The maximum absolute atomic E-state index is 11.8. The fourth-order valence-corrected chi connectivity index (χ4v) is 3.25. The number of anilines is 2. The number of carbonyl (C=O) groups is 1. The largest absolute Gasteiger partial charge is 0.362 e. The molecular formula is C23H21ClN4O. The maximum Gasteiger partial charge on any atom is 0.238 e. The minimum Gasteiger partial charge on any atom is -0.362 e. The van der Waals surface area contributed by atoms with Crippen LogP contribution in [0.15, 0.2) is 60.8 Å². The second-order valence-corrected chi connectivity index (χ2v) is 7.11. The molecule has 0 fully saturated rings. The zero-order chi connectivity index (χ0) is 20.8. The number of aryl methyl sites for hydroxylation is 1. The molecule has 2 aromatic carbocycles. The van der Waals surface area contributed by atoms with Gasteiger partial charge in [0.25, 0.3) is 0 Å². The van der Waals surface area contributed by atoms with Crippen LogP contribution >= 0.6 is 11.6 Å². The molecule has 0 radical (unpaired) electrons. The van der Waals surface area contributed by atoms with E-state index in [1.807, 2.05) is 25.1 Å². The number of hydrogen-bond donors (Lipinski definition) is 2. The molecule has 1 amide bonds. The van der Waals surface area contributed by atoms with Gasteiger partial charge >= 0.3 is 0 Å². The van der Waals surface area contributed by atoms with Gasteiger partial charge in [-0.05, 0) is 42.2 Å². The number of amides is 1. The third-order valence-electron chi connectivity index (χ3n) is 4.62. The Kier molecular flexibility index (Phi) is 6.48. The lowest BCUT2D eigenvalue weighted by Crippen LogP contribution is -2.15. The summed E-state index contributed by atoms with van der Waals surface area (Å²) in [5.74, 6) is 0.0277. The summed E-state index contributed by atoms with van der Waals surface area (Å²) in [6.07, 6.45) is 1.32. The number of carbonyl (C=O) groups excluding carboxylic acids is 1. The zero-order valence-electron chi connectivity index (χ0n) is 16.2. The summed E-state index contributed by atoms with van der Waals surface area (Å²) < 4.78 is 0. The van der Waals surface area contributed by atoms with Gasteiger partial charge in [-0.3, -0.25) is 4.79 Å². The second kappa shape index (κ2) is 9.22. The van der Waals surface area contributed by atoms with Gasteiger partial charge in [-0.15, -0.1) is 0 Å². The third-order valence-corrected chi connectivity index (χ3v) is 4.94. The summed E-state index contributed by atoms with van der Waals surface area (Å²) in [7, 11) is 0. The molecule has 2 N–H and O–H groups in total. The number of hydrogen-bond acceptors (Lipinski definition) is 4. The van der Waals surface area contributed by atoms with E-state index < -0.39 is 5.91 Å². The molecule has 1 heterocycles. The van der Waals surface area contributed by atoms with E-state index >= 15 is 0 Å². The Morgan fingerprint density at radius 3 is 2.59 bits per heavy atom. The van der Waals surface area contributed by atoms with Crippen LogP contribution in [0.2, 0.25) is 5.02 Å². The van der Waals surface area contributed by atoms with Crippen LogP contribution in [0.4, 0.5) is 11.5 Å². The predicted molar refractivity (Wildman–Crippen MR) is 117 cm³/mol. The van der Waals surface area contributed by atoms with Crippen molar-refractivity contribution in [3.63, 3.8) is 0 Å². The third kappa shape index (κ3) is 4.92. The van der Waals surface area contributed by atoms with Gasteiger partial charge < -0.3 is 10.6 Å². The molecular weight excluding hydrogens is 384 g/mol. The van der Waals surface area contributed by atoms with E-state index in [4.69, 9.17) is 16.9 Å². The quantitative estimate of drug-likeness (QED) is 0.549. The molecule has 0 saturated carbocycles. The molecule has 0 aliphatic rings. The minimum atomic E-state index is -0.430. The van der Waals surface area contributed by atoms with Crippen LogP contribution in [-0.2, 0) is 4.79 Å². The molecule has 1 atom stereocenters. The number of nitrogens with one attached hydrogen (secondary N) is 2. The van der Waals surface area contributed by atoms with Crippen molar-refractivity contribution in [3.05, 3.63) is 76.9 Å². The highest BCUT2D eigenvalue weighted by Crippen LogP contribution is 2.31. The number of aromatic nitrogens is 1. The van der Waals surface area contributed by atoms with Crippen molar-refractivity contribution in [2.75, 3.05) is 10.6 Å². The lowest BCUT2D eigenvalue weighted by molar-refractivity contribution is -0.115. The molecule has 1 aromatic heterocycles. The van der Waals surface area contributed by atoms with Gasteiger partial charge in [0.05, 0.1) is 17.1 Å². The highest BCUT2D eigenvalue weighted by atomic mass is 35.5. The Hall–Kier alpha value is -3.36. The van der Waals surface area contributed by atoms with E-state index in [-0.39, 0.29) is 12.5 Å². The monoisotopic (exact) mass is 404 g/mol. The summed E-state index contributed by atoms with van der Waals surface area (Å²) >= 11 is 6.23. The summed E-state index contributed by atoms with van der Waals surface area (Å²) in [5.41, 5.74) is 5.03. The number of halogens is 1. The van der Waals surface area contributed by atoms with Crippen LogP contribution < -0.4 is 10.6 Å². The highest BCUT2D eigenvalue weighted by Gasteiger charge is 2.15.